The Labute approximate surface area is 284 Å². The summed E-state index contributed by atoms with van der Waals surface area (Å²) in [6, 6.07) is 63.1. The molecule has 4 heteroatoms. The van der Waals surface area contributed by atoms with E-state index in [0.717, 1.165) is 78.0 Å². The highest BCUT2D eigenvalue weighted by Gasteiger charge is 2.23. The van der Waals surface area contributed by atoms with Crippen LogP contribution in [-0.2, 0) is 0 Å². The molecule has 6 aromatic carbocycles. The number of benzene rings is 6. The van der Waals surface area contributed by atoms with E-state index < -0.39 is 0 Å². The highest BCUT2D eigenvalue weighted by atomic mass is 15.2. The molecule has 0 unspecified atom stereocenters. The Morgan fingerprint density at radius 3 is 1.55 bits per heavy atom. The lowest BCUT2D eigenvalue weighted by Gasteiger charge is -2.15. The van der Waals surface area contributed by atoms with E-state index in [2.05, 4.69) is 156 Å². The molecule has 0 aliphatic heterocycles. The third-order valence-corrected chi connectivity index (χ3v) is 9.04. The van der Waals surface area contributed by atoms with Gasteiger partial charge in [-0.25, -0.2) is 14.5 Å². The summed E-state index contributed by atoms with van der Waals surface area (Å²) < 4.78 is 2.14. The highest BCUT2D eigenvalue weighted by molar-refractivity contribution is 6.12. The van der Waals surface area contributed by atoms with Crippen molar-refractivity contribution in [1.29, 1.82) is 0 Å². The van der Waals surface area contributed by atoms with Gasteiger partial charge in [-0.05, 0) is 23.1 Å². The predicted molar refractivity (Wildman–Crippen MR) is 201 cm³/mol. The van der Waals surface area contributed by atoms with Crippen LogP contribution >= 0.6 is 0 Å². The maximum absolute atomic E-state index is 5.39. The van der Waals surface area contributed by atoms with Crippen molar-refractivity contribution >= 4 is 16.3 Å². The summed E-state index contributed by atoms with van der Waals surface area (Å²) in [6.45, 7) is 0. The third-order valence-electron chi connectivity index (χ3n) is 9.04. The van der Waals surface area contributed by atoms with Crippen LogP contribution in [0.25, 0.3) is 83.8 Å². The molecule has 0 N–H and O–H groups in total. The van der Waals surface area contributed by atoms with Crippen LogP contribution in [0.4, 0.5) is 0 Å². The second kappa shape index (κ2) is 12.2. The molecule has 0 radical (unpaired) electrons. The Kier molecular flexibility index (Phi) is 7.10. The van der Waals surface area contributed by atoms with Gasteiger partial charge in [0.1, 0.15) is 5.69 Å². The fourth-order valence-corrected chi connectivity index (χ4v) is 6.74. The van der Waals surface area contributed by atoms with Crippen molar-refractivity contribution in [2.75, 3.05) is 0 Å². The highest BCUT2D eigenvalue weighted by Crippen LogP contribution is 2.43. The molecule has 0 saturated heterocycles. The van der Waals surface area contributed by atoms with Crippen molar-refractivity contribution in [3.63, 3.8) is 0 Å². The Hall–Kier alpha value is -6.65. The Morgan fingerprint density at radius 2 is 0.918 bits per heavy atom. The van der Waals surface area contributed by atoms with Gasteiger partial charge < -0.3 is 0 Å². The minimum atomic E-state index is 0.694. The van der Waals surface area contributed by atoms with Crippen molar-refractivity contribution in [2.45, 2.75) is 0 Å². The van der Waals surface area contributed by atoms with Gasteiger partial charge in [-0.2, -0.15) is 5.10 Å². The van der Waals surface area contributed by atoms with Crippen molar-refractivity contribution in [1.82, 2.24) is 19.6 Å². The normalized spacial score (nSPS) is 11.3. The summed E-state index contributed by atoms with van der Waals surface area (Å²) >= 11 is 0. The zero-order valence-electron chi connectivity index (χ0n) is 26.6. The molecule has 0 aliphatic rings. The van der Waals surface area contributed by atoms with Crippen molar-refractivity contribution in [3.05, 3.63) is 182 Å². The first-order valence-electron chi connectivity index (χ1n) is 16.5. The van der Waals surface area contributed by atoms with Crippen LogP contribution in [0.1, 0.15) is 0 Å². The molecule has 0 saturated carbocycles. The summed E-state index contributed by atoms with van der Waals surface area (Å²) in [5.41, 5.74) is 12.2. The SMILES string of the molecule is c1ccc(-c2cc(-c3cccc4c3cc(-c3ccccc3)n3nc(-c5ccccc5)c(-c5ccccc5)c43)nc(-c3ccccc3)n2)cc1. The third kappa shape index (κ3) is 5.16. The monoisotopic (exact) mass is 626 g/mol. The molecular formula is C45H30N4. The smallest absolute Gasteiger partial charge is 0.160 e. The van der Waals surface area contributed by atoms with E-state index >= 15 is 0 Å². The molecule has 9 rings (SSSR count). The lowest BCUT2D eigenvalue weighted by Crippen LogP contribution is -1.99. The van der Waals surface area contributed by atoms with Gasteiger partial charge in [0.25, 0.3) is 0 Å². The summed E-state index contributed by atoms with van der Waals surface area (Å²) in [5.74, 6) is 0.694. The van der Waals surface area contributed by atoms with E-state index in [4.69, 9.17) is 15.1 Å². The van der Waals surface area contributed by atoms with E-state index in [1.54, 1.807) is 0 Å². The van der Waals surface area contributed by atoms with Crippen molar-refractivity contribution in [3.8, 4) is 67.5 Å². The first kappa shape index (κ1) is 28.6. The summed E-state index contributed by atoms with van der Waals surface area (Å²) in [4.78, 5) is 10.3. The van der Waals surface area contributed by atoms with Crippen molar-refractivity contribution < 1.29 is 0 Å². The van der Waals surface area contributed by atoms with Crippen LogP contribution in [0.15, 0.2) is 182 Å². The minimum absolute atomic E-state index is 0.694. The number of nitrogens with zero attached hydrogens (tertiary/aromatic N) is 4. The molecule has 4 nitrogen and oxygen atoms in total. The quantitative estimate of drug-likeness (QED) is 0.184. The zero-order chi connectivity index (χ0) is 32.6. The molecule has 3 aromatic heterocycles. The van der Waals surface area contributed by atoms with Gasteiger partial charge in [0.15, 0.2) is 5.82 Å². The van der Waals surface area contributed by atoms with Crippen LogP contribution < -0.4 is 0 Å². The largest absolute Gasteiger partial charge is 0.231 e. The van der Waals surface area contributed by atoms with Crippen LogP contribution in [-0.4, -0.2) is 19.6 Å². The Bertz CT molecular complexity index is 2500. The fourth-order valence-electron chi connectivity index (χ4n) is 6.74. The average molecular weight is 627 g/mol. The lowest BCUT2D eigenvalue weighted by molar-refractivity contribution is 0.979. The number of aromatic nitrogens is 4. The van der Waals surface area contributed by atoms with E-state index in [-0.39, 0.29) is 0 Å². The van der Waals surface area contributed by atoms with Gasteiger partial charge in [0, 0.05) is 38.8 Å². The fraction of sp³-hybridized carbons (Fsp3) is 0. The molecule has 49 heavy (non-hydrogen) atoms. The van der Waals surface area contributed by atoms with Crippen LogP contribution in [0.2, 0.25) is 0 Å². The summed E-state index contributed by atoms with van der Waals surface area (Å²) in [7, 11) is 0. The first-order valence-corrected chi connectivity index (χ1v) is 16.5. The topological polar surface area (TPSA) is 43.1 Å². The minimum Gasteiger partial charge on any atom is -0.231 e. The predicted octanol–water partition coefficient (Wildman–Crippen LogP) is 11.3. The van der Waals surface area contributed by atoms with Crippen LogP contribution in [0.3, 0.4) is 0 Å². The van der Waals surface area contributed by atoms with E-state index in [0.29, 0.717) is 5.82 Å². The molecule has 0 atom stereocenters. The van der Waals surface area contributed by atoms with E-state index in [1.165, 1.54) is 0 Å². The van der Waals surface area contributed by atoms with Gasteiger partial charge in [-0.3, -0.25) is 0 Å². The molecule has 0 spiro atoms. The molecule has 0 bridgehead atoms. The second-order valence-electron chi connectivity index (χ2n) is 12.1. The van der Waals surface area contributed by atoms with E-state index in [1.807, 2.05) is 30.3 Å². The Morgan fingerprint density at radius 1 is 0.388 bits per heavy atom. The molecular weight excluding hydrogens is 597 g/mol. The maximum Gasteiger partial charge on any atom is 0.160 e. The van der Waals surface area contributed by atoms with Gasteiger partial charge in [0.05, 0.1) is 22.6 Å². The second-order valence-corrected chi connectivity index (χ2v) is 12.1. The van der Waals surface area contributed by atoms with E-state index in [9.17, 15) is 0 Å². The van der Waals surface area contributed by atoms with Crippen LogP contribution in [0.5, 0.6) is 0 Å². The standard InChI is InChI=1S/C45H30N4/c1-6-17-31(18-7-1)39-30-40(47-45(46-39)35-25-14-5-15-26-35)36-27-16-28-37-38(36)29-41(32-19-8-2-9-20-32)49-44(37)42(33-21-10-3-11-22-33)43(48-49)34-23-12-4-13-24-34/h1-30H. The molecule has 9 aromatic rings. The number of hydrogen-bond acceptors (Lipinski definition) is 3. The molecule has 230 valence electrons. The van der Waals surface area contributed by atoms with Gasteiger partial charge >= 0.3 is 0 Å². The Balaban J connectivity index is 1.40. The van der Waals surface area contributed by atoms with Gasteiger partial charge in [-0.15, -0.1) is 0 Å². The number of fused-ring (bicyclic) bond motifs is 3. The van der Waals surface area contributed by atoms with Gasteiger partial charge in [-0.1, -0.05) is 170 Å². The van der Waals surface area contributed by atoms with Crippen molar-refractivity contribution in [2.24, 2.45) is 0 Å². The number of rotatable bonds is 6. The lowest BCUT2D eigenvalue weighted by atomic mass is 9.94. The molecule has 3 heterocycles. The maximum atomic E-state index is 5.39. The average Bonchev–Trinajstić information content (AvgIpc) is 3.60. The summed E-state index contributed by atoms with van der Waals surface area (Å²) in [6.07, 6.45) is 0. The first-order chi connectivity index (χ1) is 24.3. The van der Waals surface area contributed by atoms with Gasteiger partial charge in [0.2, 0.25) is 0 Å². The molecule has 0 amide bonds. The zero-order valence-corrected chi connectivity index (χ0v) is 26.6. The molecule has 0 fully saturated rings. The number of hydrogen-bond donors (Lipinski definition) is 0. The number of pyridine rings is 1. The molecule has 0 aliphatic carbocycles. The van der Waals surface area contributed by atoms with Crippen LogP contribution in [0, 0.1) is 0 Å². The summed E-state index contributed by atoms with van der Waals surface area (Å²) in [5, 5.41) is 7.59.